The van der Waals surface area contributed by atoms with Crippen LogP contribution >= 0.6 is 0 Å². The van der Waals surface area contributed by atoms with Gasteiger partial charge in [0.15, 0.2) is 0 Å². The van der Waals surface area contributed by atoms with Crippen LogP contribution < -0.4 is 0 Å². The van der Waals surface area contributed by atoms with Crippen molar-refractivity contribution in [3.05, 3.63) is 0 Å². The normalized spacial score (nSPS) is 18.5. The van der Waals surface area contributed by atoms with Gasteiger partial charge in [-0.3, -0.25) is 0 Å². The topological polar surface area (TPSA) is 80.9 Å². The van der Waals surface area contributed by atoms with Gasteiger partial charge >= 0.3 is 5.97 Å². The third kappa shape index (κ3) is 1.90. The smallest absolute Gasteiger partial charge is 0.306 e. The summed E-state index contributed by atoms with van der Waals surface area (Å²) in [6, 6.07) is 0. The van der Waals surface area contributed by atoms with E-state index in [1.165, 1.54) is 0 Å². The Hall–Kier alpha value is -0.160. The summed E-state index contributed by atoms with van der Waals surface area (Å²) in [5.74, 6) is -3.44. The molecule has 0 aromatic carbocycles. The molecule has 0 rings (SSSR count). The molecule has 0 radical (unpaired) electrons. The minimum atomic E-state index is -3.02. The maximum Gasteiger partial charge on any atom is 0.306 e. The van der Waals surface area contributed by atoms with E-state index in [9.17, 15) is 5.11 Å². The zero-order chi connectivity index (χ0) is 9.28. The van der Waals surface area contributed by atoms with Crippen LogP contribution in [0.5, 0.6) is 0 Å². The first-order chi connectivity index (χ1) is 4.75. The Balaban J connectivity index is 4.61. The van der Waals surface area contributed by atoms with Crippen molar-refractivity contribution in [2.24, 2.45) is 5.92 Å². The molecule has 4 nitrogen and oxygen atoms in total. The molecule has 0 saturated heterocycles. The Morgan fingerprint density at radius 3 is 1.45 bits per heavy atom. The summed E-state index contributed by atoms with van der Waals surface area (Å²) in [7, 11) is 0. The first-order valence-corrected chi connectivity index (χ1v) is 3.65. The predicted octanol–water partition coefficient (Wildman–Crippen LogP) is -0.586. The second-order valence-corrected chi connectivity index (χ2v) is 3.07. The molecule has 1 atom stereocenters. The van der Waals surface area contributed by atoms with Crippen molar-refractivity contribution in [1.29, 1.82) is 0 Å². The lowest BCUT2D eigenvalue weighted by molar-refractivity contribution is -0.400. The number of rotatable bonds is 3. The van der Waals surface area contributed by atoms with Crippen molar-refractivity contribution in [2.75, 3.05) is 0 Å². The molecule has 11 heavy (non-hydrogen) atoms. The molecule has 0 aliphatic rings. The van der Waals surface area contributed by atoms with E-state index in [0.29, 0.717) is 0 Å². The Labute approximate surface area is 66.1 Å². The molecule has 0 spiro atoms. The van der Waals surface area contributed by atoms with E-state index in [1.807, 2.05) is 0 Å². The fourth-order valence-corrected chi connectivity index (χ4v) is 1.03. The standard InChI is InChI=1S/C7H16O4/c1-4-6(8,5(2)3)7(9,10)11/h5,8-11H,4H2,1-3H3. The number of hydrogen-bond acceptors (Lipinski definition) is 4. The van der Waals surface area contributed by atoms with Gasteiger partial charge in [0.1, 0.15) is 5.60 Å². The van der Waals surface area contributed by atoms with Crippen LogP contribution in [-0.4, -0.2) is 32.0 Å². The van der Waals surface area contributed by atoms with Crippen LogP contribution in [0.15, 0.2) is 0 Å². The van der Waals surface area contributed by atoms with Gasteiger partial charge in [-0.25, -0.2) is 0 Å². The molecule has 0 aromatic heterocycles. The molecule has 0 aliphatic carbocycles. The molecule has 0 bridgehead atoms. The van der Waals surface area contributed by atoms with E-state index in [-0.39, 0.29) is 6.42 Å². The summed E-state index contributed by atoms with van der Waals surface area (Å²) in [4.78, 5) is 0. The maximum atomic E-state index is 9.48. The van der Waals surface area contributed by atoms with Crippen molar-refractivity contribution in [2.45, 2.75) is 38.8 Å². The van der Waals surface area contributed by atoms with Gasteiger partial charge in [0.05, 0.1) is 0 Å². The average molecular weight is 164 g/mol. The molecule has 4 N–H and O–H groups in total. The molecular formula is C7H16O4. The van der Waals surface area contributed by atoms with E-state index in [0.717, 1.165) is 0 Å². The molecule has 0 heterocycles. The van der Waals surface area contributed by atoms with Crippen molar-refractivity contribution in [3.63, 3.8) is 0 Å². The third-order valence-electron chi connectivity index (χ3n) is 2.07. The summed E-state index contributed by atoms with van der Waals surface area (Å²) in [6.07, 6.45) is 0.0775. The summed E-state index contributed by atoms with van der Waals surface area (Å²) >= 11 is 0. The van der Waals surface area contributed by atoms with Crippen LogP contribution in [0, 0.1) is 5.92 Å². The van der Waals surface area contributed by atoms with Crippen LogP contribution in [0.1, 0.15) is 27.2 Å². The van der Waals surface area contributed by atoms with Gasteiger partial charge in [-0.2, -0.15) is 0 Å². The lowest BCUT2D eigenvalue weighted by Crippen LogP contribution is -2.57. The highest BCUT2D eigenvalue weighted by atomic mass is 16.7. The van der Waals surface area contributed by atoms with E-state index in [1.54, 1.807) is 20.8 Å². The Morgan fingerprint density at radius 1 is 1.09 bits per heavy atom. The van der Waals surface area contributed by atoms with Crippen LogP contribution in [0.3, 0.4) is 0 Å². The molecule has 68 valence electrons. The van der Waals surface area contributed by atoms with E-state index >= 15 is 0 Å². The summed E-state index contributed by atoms with van der Waals surface area (Å²) in [5, 5.41) is 35.8. The fourth-order valence-electron chi connectivity index (χ4n) is 1.03. The van der Waals surface area contributed by atoms with Gasteiger partial charge in [-0.15, -0.1) is 0 Å². The minimum Gasteiger partial charge on any atom is -0.381 e. The Bertz CT molecular complexity index is 127. The second-order valence-electron chi connectivity index (χ2n) is 3.07. The molecule has 1 unspecified atom stereocenters. The minimum absolute atomic E-state index is 0.0775. The number of hydrogen-bond donors (Lipinski definition) is 4. The highest BCUT2D eigenvalue weighted by Crippen LogP contribution is 2.29. The van der Waals surface area contributed by atoms with Crippen LogP contribution in [0.25, 0.3) is 0 Å². The predicted molar refractivity (Wildman–Crippen MR) is 39.5 cm³/mol. The van der Waals surface area contributed by atoms with Crippen LogP contribution in [-0.2, 0) is 0 Å². The van der Waals surface area contributed by atoms with E-state index in [2.05, 4.69) is 0 Å². The lowest BCUT2D eigenvalue weighted by Gasteiger charge is -2.37. The molecule has 0 saturated carbocycles. The zero-order valence-electron chi connectivity index (χ0n) is 7.07. The molecule has 0 fully saturated rings. The summed E-state index contributed by atoms with van der Waals surface area (Å²) in [6.45, 7) is 4.76. The second kappa shape index (κ2) is 3.06. The number of aliphatic hydroxyl groups is 4. The maximum absolute atomic E-state index is 9.48. The molecular weight excluding hydrogens is 148 g/mol. The lowest BCUT2D eigenvalue weighted by atomic mass is 9.85. The SMILES string of the molecule is CCC(O)(C(C)C)C(O)(O)O. The third-order valence-corrected chi connectivity index (χ3v) is 2.07. The molecule has 0 aromatic rings. The van der Waals surface area contributed by atoms with Crippen molar-refractivity contribution >= 4 is 0 Å². The fraction of sp³-hybridized carbons (Fsp3) is 1.00. The Morgan fingerprint density at radius 2 is 1.45 bits per heavy atom. The van der Waals surface area contributed by atoms with E-state index < -0.39 is 17.5 Å². The monoisotopic (exact) mass is 164 g/mol. The van der Waals surface area contributed by atoms with Gasteiger partial charge in [0.25, 0.3) is 0 Å². The average Bonchev–Trinajstić information content (AvgIpc) is 1.83. The molecule has 4 heteroatoms. The van der Waals surface area contributed by atoms with Gasteiger partial charge in [0.2, 0.25) is 0 Å². The van der Waals surface area contributed by atoms with Gasteiger partial charge in [0, 0.05) is 0 Å². The van der Waals surface area contributed by atoms with Crippen molar-refractivity contribution in [3.8, 4) is 0 Å². The van der Waals surface area contributed by atoms with Crippen LogP contribution in [0.4, 0.5) is 0 Å². The summed E-state index contributed by atoms with van der Waals surface area (Å²) in [5.41, 5.74) is -1.85. The quantitative estimate of drug-likeness (QED) is 0.420. The van der Waals surface area contributed by atoms with Gasteiger partial charge < -0.3 is 20.4 Å². The highest BCUT2D eigenvalue weighted by molar-refractivity contribution is 4.86. The first-order valence-electron chi connectivity index (χ1n) is 3.65. The van der Waals surface area contributed by atoms with Crippen LogP contribution in [0.2, 0.25) is 0 Å². The Kier molecular flexibility index (Phi) is 3.02. The molecule has 0 amide bonds. The van der Waals surface area contributed by atoms with Crippen molar-refractivity contribution < 1.29 is 20.4 Å². The van der Waals surface area contributed by atoms with Crippen molar-refractivity contribution in [1.82, 2.24) is 0 Å². The summed E-state index contributed by atoms with van der Waals surface area (Å²) < 4.78 is 0. The van der Waals surface area contributed by atoms with Gasteiger partial charge in [-0.05, 0) is 12.3 Å². The van der Waals surface area contributed by atoms with E-state index in [4.69, 9.17) is 15.3 Å². The first kappa shape index (κ1) is 10.8. The molecule has 0 aliphatic heterocycles. The highest BCUT2D eigenvalue weighted by Gasteiger charge is 2.48. The van der Waals surface area contributed by atoms with Gasteiger partial charge in [-0.1, -0.05) is 20.8 Å². The largest absolute Gasteiger partial charge is 0.381 e. The zero-order valence-corrected chi connectivity index (χ0v) is 7.07.